The fraction of sp³-hybridized carbons (Fsp3) is 0.182. The smallest absolute Gasteiger partial charge is 0.152 e. The third-order valence-corrected chi connectivity index (χ3v) is 2.93. The van der Waals surface area contributed by atoms with E-state index in [1.165, 1.54) is 0 Å². The molecule has 1 aromatic heterocycles. The molecule has 2 rings (SSSR count). The third kappa shape index (κ3) is 1.15. The van der Waals surface area contributed by atoms with E-state index in [4.69, 9.17) is 11.6 Å². The summed E-state index contributed by atoms with van der Waals surface area (Å²) in [6, 6.07) is 3.69. The van der Waals surface area contributed by atoms with Crippen LogP contribution in [-0.2, 0) is 0 Å². The number of rotatable bonds is 1. The van der Waals surface area contributed by atoms with Crippen molar-refractivity contribution in [3.63, 3.8) is 0 Å². The molecular formula is C11H10ClNO. The van der Waals surface area contributed by atoms with Crippen LogP contribution in [0.3, 0.4) is 0 Å². The zero-order valence-corrected chi connectivity index (χ0v) is 8.77. The Balaban J connectivity index is 2.93. The number of aromatic nitrogens is 1. The summed E-state index contributed by atoms with van der Waals surface area (Å²) in [6.45, 7) is 3.83. The van der Waals surface area contributed by atoms with E-state index in [0.717, 1.165) is 39.0 Å². The van der Waals surface area contributed by atoms with E-state index < -0.39 is 0 Å². The predicted octanol–water partition coefficient (Wildman–Crippen LogP) is 3.25. The molecule has 1 heterocycles. The molecule has 0 saturated heterocycles. The molecule has 0 fully saturated rings. The molecular weight excluding hydrogens is 198 g/mol. The average molecular weight is 208 g/mol. The minimum atomic E-state index is 0.719. The maximum Gasteiger partial charge on any atom is 0.152 e. The van der Waals surface area contributed by atoms with Gasteiger partial charge in [-0.25, -0.2) is 0 Å². The van der Waals surface area contributed by atoms with Crippen molar-refractivity contribution in [2.24, 2.45) is 0 Å². The maximum atomic E-state index is 10.8. The monoisotopic (exact) mass is 207 g/mol. The Morgan fingerprint density at radius 1 is 1.36 bits per heavy atom. The standard InChI is InChI=1S/C11H10ClNO/c1-6-10(12)4-3-8-9(5-14)7(2)13-11(6)8/h3-5,13H,1-2H3. The Morgan fingerprint density at radius 3 is 2.71 bits per heavy atom. The van der Waals surface area contributed by atoms with Gasteiger partial charge < -0.3 is 4.98 Å². The summed E-state index contributed by atoms with van der Waals surface area (Å²) < 4.78 is 0. The van der Waals surface area contributed by atoms with Crippen LogP contribution in [0.15, 0.2) is 12.1 Å². The van der Waals surface area contributed by atoms with Crippen molar-refractivity contribution in [1.29, 1.82) is 0 Å². The minimum absolute atomic E-state index is 0.719. The summed E-state index contributed by atoms with van der Waals surface area (Å²) >= 11 is 5.98. The highest BCUT2D eigenvalue weighted by molar-refractivity contribution is 6.32. The van der Waals surface area contributed by atoms with E-state index >= 15 is 0 Å². The molecule has 0 bridgehead atoms. The fourth-order valence-electron chi connectivity index (χ4n) is 1.68. The Morgan fingerprint density at radius 2 is 2.07 bits per heavy atom. The van der Waals surface area contributed by atoms with Crippen LogP contribution in [0.2, 0.25) is 5.02 Å². The molecule has 1 aromatic carbocycles. The molecule has 72 valence electrons. The second kappa shape index (κ2) is 3.14. The second-order valence-electron chi connectivity index (χ2n) is 3.38. The van der Waals surface area contributed by atoms with Crippen molar-refractivity contribution in [3.8, 4) is 0 Å². The normalized spacial score (nSPS) is 10.8. The van der Waals surface area contributed by atoms with Gasteiger partial charge in [0, 0.05) is 21.7 Å². The zero-order chi connectivity index (χ0) is 10.3. The lowest BCUT2D eigenvalue weighted by Crippen LogP contribution is -1.80. The highest BCUT2D eigenvalue weighted by atomic mass is 35.5. The van der Waals surface area contributed by atoms with Gasteiger partial charge in [-0.05, 0) is 25.5 Å². The van der Waals surface area contributed by atoms with Crippen LogP contribution in [0.25, 0.3) is 10.9 Å². The zero-order valence-electron chi connectivity index (χ0n) is 8.02. The molecule has 0 spiro atoms. The van der Waals surface area contributed by atoms with Crippen molar-refractivity contribution in [2.75, 3.05) is 0 Å². The van der Waals surface area contributed by atoms with E-state index in [1.54, 1.807) is 0 Å². The molecule has 0 unspecified atom stereocenters. The van der Waals surface area contributed by atoms with Crippen LogP contribution in [0.4, 0.5) is 0 Å². The van der Waals surface area contributed by atoms with E-state index in [2.05, 4.69) is 4.98 Å². The number of aryl methyl sites for hydroxylation is 2. The molecule has 1 N–H and O–H groups in total. The molecule has 0 aliphatic carbocycles. The summed E-state index contributed by atoms with van der Waals surface area (Å²) in [6.07, 6.45) is 0.876. The van der Waals surface area contributed by atoms with Crippen molar-refractivity contribution >= 4 is 28.8 Å². The lowest BCUT2D eigenvalue weighted by molar-refractivity contribution is 0.112. The van der Waals surface area contributed by atoms with Crippen LogP contribution in [-0.4, -0.2) is 11.3 Å². The molecule has 0 aliphatic rings. The number of aldehydes is 1. The lowest BCUT2D eigenvalue weighted by Gasteiger charge is -1.98. The maximum absolute atomic E-state index is 10.8. The second-order valence-corrected chi connectivity index (χ2v) is 3.78. The molecule has 2 nitrogen and oxygen atoms in total. The van der Waals surface area contributed by atoms with Gasteiger partial charge in [0.2, 0.25) is 0 Å². The van der Waals surface area contributed by atoms with Crippen LogP contribution in [0.5, 0.6) is 0 Å². The minimum Gasteiger partial charge on any atom is -0.358 e. The first-order valence-electron chi connectivity index (χ1n) is 4.37. The van der Waals surface area contributed by atoms with Gasteiger partial charge in [0.15, 0.2) is 6.29 Å². The number of nitrogens with one attached hydrogen (secondary N) is 1. The van der Waals surface area contributed by atoms with Gasteiger partial charge in [-0.15, -0.1) is 0 Å². The Labute approximate surface area is 86.9 Å². The van der Waals surface area contributed by atoms with Crippen LogP contribution < -0.4 is 0 Å². The first-order chi connectivity index (χ1) is 6.65. The number of halogens is 1. The largest absolute Gasteiger partial charge is 0.358 e. The summed E-state index contributed by atoms with van der Waals surface area (Å²) in [4.78, 5) is 14.0. The van der Waals surface area contributed by atoms with Gasteiger partial charge in [0.1, 0.15) is 0 Å². The third-order valence-electron chi connectivity index (χ3n) is 2.52. The lowest BCUT2D eigenvalue weighted by atomic mass is 10.1. The topological polar surface area (TPSA) is 32.9 Å². The number of carbonyl (C=O) groups is 1. The van der Waals surface area contributed by atoms with Gasteiger partial charge in [0.25, 0.3) is 0 Å². The van der Waals surface area contributed by atoms with Crippen molar-refractivity contribution in [3.05, 3.63) is 34.0 Å². The van der Waals surface area contributed by atoms with Crippen molar-refractivity contribution in [2.45, 2.75) is 13.8 Å². The number of benzene rings is 1. The Hall–Kier alpha value is -1.28. The van der Waals surface area contributed by atoms with Gasteiger partial charge in [-0.2, -0.15) is 0 Å². The van der Waals surface area contributed by atoms with E-state index in [-0.39, 0.29) is 0 Å². The van der Waals surface area contributed by atoms with Crippen LogP contribution in [0.1, 0.15) is 21.6 Å². The number of hydrogen-bond donors (Lipinski definition) is 1. The van der Waals surface area contributed by atoms with Crippen molar-refractivity contribution in [1.82, 2.24) is 4.98 Å². The molecule has 0 amide bonds. The molecule has 2 aromatic rings. The first kappa shape index (κ1) is 9.28. The summed E-state index contributed by atoms with van der Waals surface area (Å²) in [5.41, 5.74) is 3.55. The van der Waals surface area contributed by atoms with Gasteiger partial charge in [0.05, 0.1) is 5.52 Å². The number of fused-ring (bicyclic) bond motifs is 1. The summed E-state index contributed by atoms with van der Waals surface area (Å²) in [7, 11) is 0. The molecule has 0 saturated carbocycles. The summed E-state index contributed by atoms with van der Waals surface area (Å²) in [5.74, 6) is 0. The highest BCUT2D eigenvalue weighted by Crippen LogP contribution is 2.28. The quantitative estimate of drug-likeness (QED) is 0.716. The highest BCUT2D eigenvalue weighted by Gasteiger charge is 2.10. The summed E-state index contributed by atoms with van der Waals surface area (Å²) in [5, 5.41) is 1.66. The van der Waals surface area contributed by atoms with Gasteiger partial charge >= 0.3 is 0 Å². The number of aromatic amines is 1. The Bertz CT molecular complexity index is 513. The SMILES string of the molecule is Cc1[nH]c2c(C)c(Cl)ccc2c1C=O. The predicted molar refractivity (Wildman–Crippen MR) is 58.2 cm³/mol. The van der Waals surface area contributed by atoms with E-state index in [1.807, 2.05) is 26.0 Å². The number of H-pyrrole nitrogens is 1. The molecule has 3 heteroatoms. The van der Waals surface area contributed by atoms with Crippen molar-refractivity contribution < 1.29 is 4.79 Å². The first-order valence-corrected chi connectivity index (χ1v) is 4.75. The number of hydrogen-bond acceptors (Lipinski definition) is 1. The van der Waals surface area contributed by atoms with Gasteiger partial charge in [-0.1, -0.05) is 17.7 Å². The molecule has 0 atom stereocenters. The average Bonchev–Trinajstić information content (AvgIpc) is 2.49. The van der Waals surface area contributed by atoms with Crippen LogP contribution in [0, 0.1) is 13.8 Å². The van der Waals surface area contributed by atoms with E-state index in [0.29, 0.717) is 0 Å². The molecule has 0 aliphatic heterocycles. The van der Waals surface area contributed by atoms with E-state index in [9.17, 15) is 4.79 Å². The Kier molecular flexibility index (Phi) is 2.08. The molecule has 14 heavy (non-hydrogen) atoms. The van der Waals surface area contributed by atoms with Gasteiger partial charge in [-0.3, -0.25) is 4.79 Å². The molecule has 0 radical (unpaired) electrons. The van der Waals surface area contributed by atoms with Crippen LogP contribution >= 0.6 is 11.6 Å². The fourth-order valence-corrected chi connectivity index (χ4v) is 1.84. The number of carbonyl (C=O) groups excluding carboxylic acids is 1.